The van der Waals surface area contributed by atoms with E-state index in [0.29, 0.717) is 0 Å². The molecule has 0 unspecified atom stereocenters. The van der Waals surface area contributed by atoms with Crippen LogP contribution in [0.2, 0.25) is 0 Å². The quantitative estimate of drug-likeness (QED) is 0.106. The lowest BCUT2D eigenvalue weighted by Crippen LogP contribution is -2.74. The summed E-state index contributed by atoms with van der Waals surface area (Å²) in [5.41, 5.74) is 10.7. The fraction of sp³-hybridized carbons (Fsp3) is 0. The molecular weight excluding hydrogens is 841 g/mol. The molecule has 3 nitrogen and oxygen atoms in total. The maximum atomic E-state index is 6.47. The van der Waals surface area contributed by atoms with E-state index in [9.17, 15) is 0 Å². The van der Waals surface area contributed by atoms with E-state index < -0.39 is 8.07 Å². The number of nitrogens with zero attached hydrogens (tertiary/aromatic N) is 2. The van der Waals surface area contributed by atoms with Crippen molar-refractivity contribution in [1.82, 2.24) is 4.57 Å². The van der Waals surface area contributed by atoms with E-state index in [1.165, 1.54) is 53.4 Å². The molecule has 0 saturated carbocycles. The Hall–Kier alpha value is -8.70. The van der Waals surface area contributed by atoms with Crippen LogP contribution >= 0.6 is 0 Å². The third kappa shape index (κ3) is 6.34. The molecule has 0 amide bonds. The highest BCUT2D eigenvalue weighted by Gasteiger charge is 2.41. The second kappa shape index (κ2) is 16.3. The first-order valence-electron chi connectivity index (χ1n) is 23.3. The van der Waals surface area contributed by atoms with Crippen LogP contribution in [-0.2, 0) is 0 Å². The van der Waals surface area contributed by atoms with Crippen LogP contribution in [0.4, 0.5) is 17.1 Å². The summed E-state index contributed by atoms with van der Waals surface area (Å²) in [6.45, 7) is 0. The molecule has 0 aliphatic carbocycles. The van der Waals surface area contributed by atoms with E-state index in [1.54, 1.807) is 0 Å². The Bertz CT molecular complexity index is 3870. The third-order valence-corrected chi connectivity index (χ3v) is 18.7. The average Bonchev–Trinajstić information content (AvgIpc) is 3.96. The molecule has 320 valence electrons. The molecule has 0 aliphatic heterocycles. The minimum Gasteiger partial charge on any atom is -0.456 e. The molecule has 0 spiro atoms. The standard InChI is InChI=1S/C64H44N2OSi/c1-4-22-50(23-5-1)68(51-24-6-2-7-25-51,52-26-8-3-9-27-52)53-28-17-21-48(43-53)65(47-39-37-46(38-40-47)55-32-16-20-45-19-10-11-29-54(45)55)60-34-18-35-61-64(60)58-31-12-14-33-59(58)66(61)49-41-42-57-56-30-13-15-36-62(56)67-63(57)44-49/h1-44H. The van der Waals surface area contributed by atoms with Crippen molar-refractivity contribution in [2.24, 2.45) is 0 Å². The van der Waals surface area contributed by atoms with Gasteiger partial charge in [0.15, 0.2) is 8.07 Å². The van der Waals surface area contributed by atoms with E-state index in [-0.39, 0.29) is 0 Å². The zero-order valence-corrected chi connectivity index (χ0v) is 38.2. The fourth-order valence-electron chi connectivity index (χ4n) is 11.0. The van der Waals surface area contributed by atoms with Gasteiger partial charge in [0.05, 0.1) is 16.7 Å². The van der Waals surface area contributed by atoms with Crippen molar-refractivity contribution in [3.8, 4) is 16.8 Å². The van der Waals surface area contributed by atoms with Crippen LogP contribution in [0, 0.1) is 0 Å². The second-order valence-electron chi connectivity index (χ2n) is 17.6. The highest BCUT2D eigenvalue weighted by molar-refractivity contribution is 7.19. The van der Waals surface area contributed by atoms with Gasteiger partial charge >= 0.3 is 0 Å². The zero-order chi connectivity index (χ0) is 45.0. The van der Waals surface area contributed by atoms with E-state index in [2.05, 4.69) is 264 Å². The summed E-state index contributed by atoms with van der Waals surface area (Å²) in [5.74, 6) is 0. The molecule has 4 heteroatoms. The highest BCUT2D eigenvalue weighted by atomic mass is 28.3. The minimum absolute atomic E-state index is 0.874. The lowest BCUT2D eigenvalue weighted by atomic mass is 9.98. The summed E-state index contributed by atoms with van der Waals surface area (Å²) in [7, 11) is -2.87. The predicted molar refractivity (Wildman–Crippen MR) is 289 cm³/mol. The van der Waals surface area contributed by atoms with Gasteiger partial charge in [-0.1, -0.05) is 200 Å². The normalized spacial score (nSPS) is 11.8. The Labute approximate surface area is 396 Å². The van der Waals surface area contributed by atoms with Crippen LogP contribution in [0.3, 0.4) is 0 Å². The molecule has 0 radical (unpaired) electrons. The van der Waals surface area contributed by atoms with Gasteiger partial charge in [0, 0.05) is 44.7 Å². The third-order valence-electron chi connectivity index (χ3n) is 13.9. The molecule has 2 aromatic heterocycles. The topological polar surface area (TPSA) is 21.3 Å². The van der Waals surface area contributed by atoms with Crippen molar-refractivity contribution in [3.05, 3.63) is 267 Å². The Morgan fingerprint density at radius 3 is 1.65 bits per heavy atom. The summed E-state index contributed by atoms with van der Waals surface area (Å²) >= 11 is 0. The fourth-order valence-corrected chi connectivity index (χ4v) is 15.7. The number of aromatic nitrogens is 1. The van der Waals surface area contributed by atoms with E-state index in [4.69, 9.17) is 4.42 Å². The van der Waals surface area contributed by atoms with E-state index >= 15 is 0 Å². The molecule has 0 atom stereocenters. The molecule has 13 rings (SSSR count). The SMILES string of the molecule is c1ccc([Si](c2ccccc2)(c2ccccc2)c2cccc(N(c3ccc(-c4cccc5ccccc45)cc3)c3cccc4c3c3ccccc3n4-c3ccc4c(c3)oc3ccccc34)c2)cc1. The first kappa shape index (κ1) is 39.6. The summed E-state index contributed by atoms with van der Waals surface area (Å²) in [4.78, 5) is 2.48. The van der Waals surface area contributed by atoms with Gasteiger partial charge in [-0.2, -0.15) is 0 Å². The lowest BCUT2D eigenvalue weighted by molar-refractivity contribution is 0.668. The van der Waals surface area contributed by atoms with Crippen molar-refractivity contribution in [2.45, 2.75) is 0 Å². The monoisotopic (exact) mass is 884 g/mol. The van der Waals surface area contributed by atoms with Gasteiger partial charge in [-0.05, 0) is 103 Å². The van der Waals surface area contributed by atoms with Gasteiger partial charge in [0.1, 0.15) is 11.2 Å². The summed E-state index contributed by atoms with van der Waals surface area (Å²) < 4.78 is 8.87. The van der Waals surface area contributed by atoms with Crippen molar-refractivity contribution < 1.29 is 4.42 Å². The number of hydrogen-bond donors (Lipinski definition) is 0. The maximum Gasteiger partial charge on any atom is 0.179 e. The number of benzene rings is 11. The van der Waals surface area contributed by atoms with Gasteiger partial charge in [-0.25, -0.2) is 0 Å². The molecule has 0 aliphatic rings. The zero-order valence-electron chi connectivity index (χ0n) is 37.2. The summed E-state index contributed by atoms with van der Waals surface area (Å²) in [6, 6.07) is 97.9. The Morgan fingerprint density at radius 2 is 0.912 bits per heavy atom. The highest BCUT2D eigenvalue weighted by Crippen LogP contribution is 2.45. The lowest BCUT2D eigenvalue weighted by Gasteiger charge is -2.35. The smallest absolute Gasteiger partial charge is 0.179 e. The maximum absolute atomic E-state index is 6.47. The van der Waals surface area contributed by atoms with E-state index in [1.807, 2.05) is 12.1 Å². The summed E-state index contributed by atoms with van der Waals surface area (Å²) in [6.07, 6.45) is 0. The van der Waals surface area contributed by atoms with Crippen molar-refractivity contribution in [2.75, 3.05) is 4.90 Å². The number of rotatable bonds is 9. The van der Waals surface area contributed by atoms with Crippen LogP contribution in [0.1, 0.15) is 0 Å². The Balaban J connectivity index is 1.07. The van der Waals surface area contributed by atoms with Gasteiger partial charge in [0.25, 0.3) is 0 Å². The van der Waals surface area contributed by atoms with Crippen molar-refractivity contribution in [1.29, 1.82) is 0 Å². The minimum atomic E-state index is -2.87. The van der Waals surface area contributed by atoms with Crippen LogP contribution in [0.15, 0.2) is 271 Å². The van der Waals surface area contributed by atoms with Crippen LogP contribution in [0.25, 0.3) is 71.3 Å². The number of hydrogen-bond acceptors (Lipinski definition) is 2. The van der Waals surface area contributed by atoms with E-state index in [0.717, 1.165) is 55.7 Å². The molecular formula is C64H44N2OSi. The first-order chi connectivity index (χ1) is 33.7. The molecule has 2 heterocycles. The molecule has 0 fully saturated rings. The molecule has 68 heavy (non-hydrogen) atoms. The number of anilines is 3. The summed E-state index contributed by atoms with van der Waals surface area (Å²) in [5, 5.41) is 12.4. The number of fused-ring (bicyclic) bond motifs is 7. The average molecular weight is 885 g/mol. The van der Waals surface area contributed by atoms with Crippen LogP contribution in [0.5, 0.6) is 0 Å². The number of furan rings is 1. The molecule has 11 aromatic carbocycles. The van der Waals surface area contributed by atoms with Crippen LogP contribution < -0.4 is 25.6 Å². The van der Waals surface area contributed by atoms with Gasteiger partial charge in [0.2, 0.25) is 0 Å². The Kier molecular flexibility index (Phi) is 9.51. The Morgan fingerprint density at radius 1 is 0.353 bits per heavy atom. The van der Waals surface area contributed by atoms with Gasteiger partial charge in [-0.15, -0.1) is 0 Å². The number of para-hydroxylation sites is 2. The van der Waals surface area contributed by atoms with Crippen molar-refractivity contribution >= 4 is 100 Å². The molecule has 13 aromatic rings. The van der Waals surface area contributed by atoms with Gasteiger partial charge in [-0.3, -0.25) is 0 Å². The predicted octanol–water partition coefficient (Wildman–Crippen LogP) is 14.4. The molecule has 0 saturated heterocycles. The van der Waals surface area contributed by atoms with Crippen molar-refractivity contribution in [3.63, 3.8) is 0 Å². The molecule has 0 N–H and O–H groups in total. The van der Waals surface area contributed by atoms with Gasteiger partial charge < -0.3 is 13.9 Å². The largest absolute Gasteiger partial charge is 0.456 e. The first-order valence-corrected chi connectivity index (χ1v) is 25.3. The second-order valence-corrected chi connectivity index (χ2v) is 21.4. The molecule has 0 bridgehead atoms. The van der Waals surface area contributed by atoms with Crippen LogP contribution in [-0.4, -0.2) is 12.6 Å².